The van der Waals surface area contributed by atoms with Crippen molar-refractivity contribution in [1.82, 2.24) is 4.90 Å². The lowest BCUT2D eigenvalue weighted by molar-refractivity contribution is -0.126. The average molecular weight is 525 g/mol. The second-order valence-corrected chi connectivity index (χ2v) is 9.01. The molecule has 0 atom stereocenters. The maximum absolute atomic E-state index is 12.5. The van der Waals surface area contributed by atoms with Gasteiger partial charge in [-0.3, -0.25) is 9.59 Å². The molecule has 1 saturated heterocycles. The molecule has 1 heterocycles. The van der Waals surface area contributed by atoms with Gasteiger partial charge in [-0.2, -0.15) is 0 Å². The number of carbonyl (C=O) groups is 2. The smallest absolute Gasteiger partial charge is 0.255 e. The zero-order chi connectivity index (χ0) is 23.2. The predicted octanol–water partition coefficient (Wildman–Crippen LogP) is 5.72. The van der Waals surface area contributed by atoms with Gasteiger partial charge in [0.05, 0.1) is 10.7 Å². The van der Waals surface area contributed by atoms with E-state index in [0.717, 1.165) is 15.7 Å². The SMILES string of the molecule is O=C(Nc1ccc(N2CCN(C(=O)/C=C/c3ccccc3)CC2)c(Cl)c1)c1ccc(Br)cc1. The summed E-state index contributed by atoms with van der Waals surface area (Å²) in [6.45, 7) is 2.62. The third-order valence-electron chi connectivity index (χ3n) is 5.46. The van der Waals surface area contributed by atoms with Gasteiger partial charge in [0.1, 0.15) is 0 Å². The van der Waals surface area contributed by atoms with Crippen LogP contribution in [-0.2, 0) is 4.79 Å². The molecule has 0 bridgehead atoms. The fourth-order valence-corrected chi connectivity index (χ4v) is 4.21. The highest BCUT2D eigenvalue weighted by molar-refractivity contribution is 9.10. The van der Waals surface area contributed by atoms with Gasteiger partial charge in [0.2, 0.25) is 5.91 Å². The summed E-state index contributed by atoms with van der Waals surface area (Å²) < 4.78 is 0.917. The first kappa shape index (κ1) is 23.1. The van der Waals surface area contributed by atoms with Crippen LogP contribution in [0.5, 0.6) is 0 Å². The van der Waals surface area contributed by atoms with E-state index in [1.165, 1.54) is 0 Å². The summed E-state index contributed by atoms with van der Waals surface area (Å²) >= 11 is 9.91. The first-order valence-electron chi connectivity index (χ1n) is 10.6. The zero-order valence-corrected chi connectivity index (χ0v) is 20.2. The van der Waals surface area contributed by atoms with E-state index in [4.69, 9.17) is 11.6 Å². The van der Waals surface area contributed by atoms with Crippen molar-refractivity contribution in [2.75, 3.05) is 36.4 Å². The van der Waals surface area contributed by atoms with E-state index in [2.05, 4.69) is 26.1 Å². The van der Waals surface area contributed by atoms with Gasteiger partial charge in [-0.15, -0.1) is 0 Å². The van der Waals surface area contributed by atoms with E-state index >= 15 is 0 Å². The topological polar surface area (TPSA) is 52.7 Å². The number of amides is 2. The summed E-state index contributed by atoms with van der Waals surface area (Å²) in [5, 5.41) is 3.44. The number of halogens is 2. The van der Waals surface area contributed by atoms with Gasteiger partial charge in [0.25, 0.3) is 5.91 Å². The van der Waals surface area contributed by atoms with Gasteiger partial charge in [-0.05, 0) is 54.1 Å². The quantitative estimate of drug-likeness (QED) is 0.435. The Morgan fingerprint density at radius 1 is 0.909 bits per heavy atom. The van der Waals surface area contributed by atoms with E-state index in [-0.39, 0.29) is 11.8 Å². The van der Waals surface area contributed by atoms with E-state index in [1.54, 1.807) is 24.3 Å². The molecule has 0 unspecified atom stereocenters. The first-order valence-corrected chi connectivity index (χ1v) is 11.8. The van der Waals surface area contributed by atoms with Crippen LogP contribution in [0.25, 0.3) is 6.08 Å². The van der Waals surface area contributed by atoms with Crippen molar-refractivity contribution in [3.63, 3.8) is 0 Å². The van der Waals surface area contributed by atoms with Crippen LogP contribution in [0.4, 0.5) is 11.4 Å². The molecule has 0 aliphatic carbocycles. The Morgan fingerprint density at radius 2 is 1.61 bits per heavy atom. The molecule has 0 radical (unpaired) electrons. The maximum atomic E-state index is 12.5. The van der Waals surface area contributed by atoms with E-state index in [9.17, 15) is 9.59 Å². The summed E-state index contributed by atoms with van der Waals surface area (Å²) in [5.41, 5.74) is 3.10. The van der Waals surface area contributed by atoms with Gasteiger partial charge in [-0.25, -0.2) is 0 Å². The van der Waals surface area contributed by atoms with Gasteiger partial charge < -0.3 is 15.1 Å². The largest absolute Gasteiger partial charge is 0.367 e. The number of rotatable bonds is 5. The second-order valence-electron chi connectivity index (χ2n) is 7.68. The van der Waals surface area contributed by atoms with E-state index in [0.29, 0.717) is 42.5 Å². The van der Waals surface area contributed by atoms with Crippen molar-refractivity contribution >= 4 is 56.8 Å². The molecule has 1 aliphatic rings. The van der Waals surface area contributed by atoms with Crippen molar-refractivity contribution in [1.29, 1.82) is 0 Å². The summed E-state index contributed by atoms with van der Waals surface area (Å²) in [6, 6.07) is 22.5. The number of hydrogen-bond acceptors (Lipinski definition) is 3. The fraction of sp³-hybridized carbons (Fsp3) is 0.154. The van der Waals surface area contributed by atoms with Crippen molar-refractivity contribution in [2.24, 2.45) is 0 Å². The van der Waals surface area contributed by atoms with Crippen LogP contribution < -0.4 is 10.2 Å². The lowest BCUT2D eigenvalue weighted by Crippen LogP contribution is -2.48. The highest BCUT2D eigenvalue weighted by Crippen LogP contribution is 2.30. The molecule has 1 fully saturated rings. The number of nitrogens with zero attached hydrogens (tertiary/aromatic N) is 2. The fourth-order valence-electron chi connectivity index (χ4n) is 3.65. The van der Waals surface area contributed by atoms with Crippen molar-refractivity contribution in [2.45, 2.75) is 0 Å². The molecular formula is C26H23BrClN3O2. The predicted molar refractivity (Wildman–Crippen MR) is 138 cm³/mol. The van der Waals surface area contributed by atoms with Gasteiger partial charge in [-0.1, -0.05) is 57.9 Å². The first-order chi connectivity index (χ1) is 16.0. The number of hydrogen-bond donors (Lipinski definition) is 1. The molecule has 168 valence electrons. The highest BCUT2D eigenvalue weighted by Gasteiger charge is 2.21. The number of benzene rings is 3. The molecule has 2 amide bonds. The lowest BCUT2D eigenvalue weighted by Gasteiger charge is -2.36. The van der Waals surface area contributed by atoms with Crippen LogP contribution >= 0.6 is 27.5 Å². The van der Waals surface area contributed by atoms with Crippen LogP contribution in [0.3, 0.4) is 0 Å². The van der Waals surface area contributed by atoms with Gasteiger partial charge in [0, 0.05) is 48.0 Å². The third-order valence-corrected chi connectivity index (χ3v) is 6.29. The summed E-state index contributed by atoms with van der Waals surface area (Å²) in [4.78, 5) is 29.0. The number of nitrogens with one attached hydrogen (secondary N) is 1. The number of anilines is 2. The number of carbonyl (C=O) groups excluding carboxylic acids is 2. The molecule has 4 rings (SSSR count). The summed E-state index contributed by atoms with van der Waals surface area (Å²) in [6.07, 6.45) is 3.47. The van der Waals surface area contributed by atoms with E-state index in [1.807, 2.05) is 65.6 Å². The molecule has 33 heavy (non-hydrogen) atoms. The minimum atomic E-state index is -0.193. The van der Waals surface area contributed by atoms with Crippen LogP contribution in [0.15, 0.2) is 83.3 Å². The van der Waals surface area contributed by atoms with Gasteiger partial charge >= 0.3 is 0 Å². The van der Waals surface area contributed by atoms with Crippen molar-refractivity contribution in [3.05, 3.63) is 99.5 Å². The standard InChI is InChI=1S/C26H23BrClN3O2/c27-21-9-7-20(8-10-21)26(33)29-22-11-12-24(23(28)18-22)30-14-16-31(17-15-30)25(32)13-6-19-4-2-1-3-5-19/h1-13,18H,14-17H2,(H,29,33)/b13-6+. The summed E-state index contributed by atoms with van der Waals surface area (Å²) in [5.74, 6) is -0.183. The van der Waals surface area contributed by atoms with Crippen LogP contribution in [0, 0.1) is 0 Å². The Bertz CT molecular complexity index is 1160. The molecule has 0 aromatic heterocycles. The van der Waals surface area contributed by atoms with Crippen LogP contribution in [0.1, 0.15) is 15.9 Å². The maximum Gasteiger partial charge on any atom is 0.255 e. The molecule has 3 aromatic carbocycles. The second kappa shape index (κ2) is 10.7. The Hall–Kier alpha value is -3.09. The number of piperazine rings is 1. The molecule has 1 aliphatic heterocycles. The molecule has 0 saturated carbocycles. The monoisotopic (exact) mass is 523 g/mol. The van der Waals surface area contributed by atoms with Gasteiger partial charge in [0.15, 0.2) is 0 Å². The minimum absolute atomic E-state index is 0.00982. The Kier molecular flexibility index (Phi) is 7.47. The Labute approximate surface area is 206 Å². The molecule has 1 N–H and O–H groups in total. The van der Waals surface area contributed by atoms with Crippen LogP contribution in [-0.4, -0.2) is 42.9 Å². The molecule has 7 heteroatoms. The molecule has 0 spiro atoms. The lowest BCUT2D eigenvalue weighted by atomic mass is 10.2. The van der Waals surface area contributed by atoms with Crippen molar-refractivity contribution < 1.29 is 9.59 Å². The average Bonchev–Trinajstić information content (AvgIpc) is 2.84. The van der Waals surface area contributed by atoms with Crippen LogP contribution in [0.2, 0.25) is 5.02 Å². The minimum Gasteiger partial charge on any atom is -0.367 e. The molecular weight excluding hydrogens is 502 g/mol. The highest BCUT2D eigenvalue weighted by atomic mass is 79.9. The summed E-state index contributed by atoms with van der Waals surface area (Å²) in [7, 11) is 0. The van der Waals surface area contributed by atoms with E-state index < -0.39 is 0 Å². The Balaban J connectivity index is 1.33. The third kappa shape index (κ3) is 6.03. The zero-order valence-electron chi connectivity index (χ0n) is 17.9. The molecule has 3 aromatic rings. The Morgan fingerprint density at radius 3 is 2.27 bits per heavy atom. The van der Waals surface area contributed by atoms with Crippen molar-refractivity contribution in [3.8, 4) is 0 Å². The molecule has 5 nitrogen and oxygen atoms in total. The normalized spacial score (nSPS) is 13.9.